The first kappa shape index (κ1) is 12.9. The third-order valence-corrected chi connectivity index (χ3v) is 5.40. The molecular weight excluding hydrogens is 266 g/mol. The van der Waals surface area contributed by atoms with Crippen molar-refractivity contribution in [1.29, 1.82) is 0 Å². The van der Waals surface area contributed by atoms with E-state index in [2.05, 4.69) is 10.7 Å². The zero-order chi connectivity index (χ0) is 12.4. The first-order valence-corrected chi connectivity index (χ1v) is 8.10. The van der Waals surface area contributed by atoms with E-state index >= 15 is 0 Å². The molecule has 1 aliphatic carbocycles. The van der Waals surface area contributed by atoms with Crippen LogP contribution in [0.4, 0.5) is 0 Å². The Hall–Kier alpha value is -0.0900. The van der Waals surface area contributed by atoms with Crippen LogP contribution in [-0.2, 0) is 4.74 Å². The molecule has 0 aromatic carbocycles. The second kappa shape index (κ2) is 5.49. The van der Waals surface area contributed by atoms with Crippen molar-refractivity contribution in [1.82, 2.24) is 5.32 Å². The van der Waals surface area contributed by atoms with Gasteiger partial charge in [-0.15, -0.1) is 11.3 Å². The van der Waals surface area contributed by atoms with E-state index in [4.69, 9.17) is 16.3 Å². The van der Waals surface area contributed by atoms with Gasteiger partial charge in [0.2, 0.25) is 0 Å². The zero-order valence-corrected chi connectivity index (χ0v) is 12.2. The summed E-state index contributed by atoms with van der Waals surface area (Å²) in [5, 5.41) is 5.72. The molecule has 100 valence electrons. The van der Waals surface area contributed by atoms with Crippen molar-refractivity contribution in [2.75, 3.05) is 19.7 Å². The summed E-state index contributed by atoms with van der Waals surface area (Å²) in [5.41, 5.74) is 1.62. The van der Waals surface area contributed by atoms with Gasteiger partial charge in [0.1, 0.15) is 0 Å². The van der Waals surface area contributed by atoms with Gasteiger partial charge in [0.15, 0.2) is 0 Å². The predicted octanol–water partition coefficient (Wildman–Crippen LogP) is 4.01. The lowest BCUT2D eigenvalue weighted by Crippen LogP contribution is -2.37. The number of hydrogen-bond donors (Lipinski definition) is 1. The zero-order valence-electron chi connectivity index (χ0n) is 10.6. The summed E-state index contributed by atoms with van der Waals surface area (Å²) >= 11 is 7.59. The largest absolute Gasteiger partial charge is 0.372 e. The van der Waals surface area contributed by atoms with E-state index in [-0.39, 0.29) is 6.10 Å². The Labute approximate surface area is 118 Å². The van der Waals surface area contributed by atoms with Crippen molar-refractivity contribution in [3.63, 3.8) is 0 Å². The van der Waals surface area contributed by atoms with Gasteiger partial charge >= 0.3 is 0 Å². The Morgan fingerprint density at radius 3 is 2.89 bits per heavy atom. The van der Waals surface area contributed by atoms with Crippen LogP contribution in [0.15, 0.2) is 11.4 Å². The van der Waals surface area contributed by atoms with E-state index in [1.165, 1.54) is 37.7 Å². The highest BCUT2D eigenvalue weighted by atomic mass is 35.5. The quantitative estimate of drug-likeness (QED) is 0.842. The first-order chi connectivity index (χ1) is 8.77. The summed E-state index contributed by atoms with van der Waals surface area (Å²) in [6.45, 7) is 2.92. The normalized spacial score (nSPS) is 28.2. The average Bonchev–Trinajstić information content (AvgIpc) is 2.71. The van der Waals surface area contributed by atoms with Crippen LogP contribution in [0, 0.1) is 5.41 Å². The number of halogens is 1. The third kappa shape index (κ3) is 2.74. The van der Waals surface area contributed by atoms with E-state index in [0.29, 0.717) is 5.41 Å². The molecule has 1 aromatic rings. The van der Waals surface area contributed by atoms with Crippen LogP contribution >= 0.6 is 22.9 Å². The second-order valence-corrected chi connectivity index (χ2v) is 7.22. The lowest BCUT2D eigenvalue weighted by molar-refractivity contribution is -0.00124. The van der Waals surface area contributed by atoms with Crippen molar-refractivity contribution in [2.45, 2.75) is 38.2 Å². The molecule has 0 bridgehead atoms. The van der Waals surface area contributed by atoms with E-state index in [1.807, 2.05) is 6.07 Å². The number of ether oxygens (including phenoxy) is 1. The average molecular weight is 286 g/mol. The van der Waals surface area contributed by atoms with Crippen molar-refractivity contribution in [2.24, 2.45) is 5.41 Å². The molecule has 2 aliphatic rings. The van der Waals surface area contributed by atoms with E-state index in [1.54, 1.807) is 11.3 Å². The molecular formula is C14H20ClNOS. The van der Waals surface area contributed by atoms with Crippen LogP contribution < -0.4 is 5.32 Å². The lowest BCUT2D eigenvalue weighted by Gasteiger charge is -2.35. The highest BCUT2D eigenvalue weighted by molar-refractivity contribution is 7.14. The molecule has 1 aliphatic heterocycles. The number of hydrogen-bond acceptors (Lipinski definition) is 3. The molecule has 2 nitrogen and oxygen atoms in total. The highest BCUT2D eigenvalue weighted by Crippen LogP contribution is 2.39. The fourth-order valence-electron chi connectivity index (χ4n) is 3.18. The number of thiophene rings is 1. The summed E-state index contributed by atoms with van der Waals surface area (Å²) < 4.78 is 7.03. The molecule has 1 unspecified atom stereocenters. The van der Waals surface area contributed by atoms with Gasteiger partial charge in [-0.3, -0.25) is 0 Å². The smallest absolute Gasteiger partial charge is 0.0958 e. The van der Waals surface area contributed by atoms with Crippen molar-refractivity contribution in [3.05, 3.63) is 21.3 Å². The van der Waals surface area contributed by atoms with Crippen molar-refractivity contribution >= 4 is 22.9 Å². The fourth-order valence-corrected chi connectivity index (χ4v) is 4.12. The Morgan fingerprint density at radius 2 is 2.17 bits per heavy atom. The molecule has 0 radical (unpaired) electrons. The highest BCUT2D eigenvalue weighted by Gasteiger charge is 2.35. The maximum absolute atomic E-state index is 6.18. The monoisotopic (exact) mass is 285 g/mol. The Kier molecular flexibility index (Phi) is 3.94. The Bertz CT molecular complexity index is 400. The van der Waals surface area contributed by atoms with Crippen LogP contribution in [0.1, 0.15) is 43.8 Å². The van der Waals surface area contributed by atoms with Crippen LogP contribution in [0.2, 0.25) is 4.34 Å². The topological polar surface area (TPSA) is 21.3 Å². The molecule has 2 heterocycles. The van der Waals surface area contributed by atoms with Gasteiger partial charge < -0.3 is 10.1 Å². The molecule has 1 spiro atoms. The second-order valence-electron chi connectivity index (χ2n) is 5.68. The minimum absolute atomic E-state index is 0.176. The molecule has 1 N–H and O–H groups in total. The van der Waals surface area contributed by atoms with Gasteiger partial charge in [-0.1, -0.05) is 30.9 Å². The van der Waals surface area contributed by atoms with Crippen LogP contribution in [0.25, 0.3) is 0 Å². The van der Waals surface area contributed by atoms with Gasteiger partial charge in [0.05, 0.1) is 17.0 Å². The molecule has 2 fully saturated rings. The molecule has 4 heteroatoms. The van der Waals surface area contributed by atoms with Crippen LogP contribution in [0.3, 0.4) is 0 Å². The van der Waals surface area contributed by atoms with Gasteiger partial charge in [-0.2, -0.15) is 0 Å². The lowest BCUT2D eigenvalue weighted by atomic mass is 9.75. The molecule has 1 aromatic heterocycles. The summed E-state index contributed by atoms with van der Waals surface area (Å²) in [5.74, 6) is 0. The summed E-state index contributed by atoms with van der Waals surface area (Å²) in [6, 6.07) is 2.04. The maximum atomic E-state index is 6.18. The molecule has 18 heavy (non-hydrogen) atoms. The minimum atomic E-state index is 0.176. The van der Waals surface area contributed by atoms with Crippen LogP contribution in [0.5, 0.6) is 0 Å². The number of rotatable bonds is 1. The number of nitrogens with one attached hydrogen (secondary N) is 1. The van der Waals surface area contributed by atoms with Gasteiger partial charge in [-0.25, -0.2) is 0 Å². The van der Waals surface area contributed by atoms with Crippen LogP contribution in [-0.4, -0.2) is 19.7 Å². The molecule has 1 atom stereocenters. The minimum Gasteiger partial charge on any atom is -0.372 e. The SMILES string of the molecule is Clc1cc(C2CNCC3(CCCCC3)CO2)cs1. The first-order valence-electron chi connectivity index (χ1n) is 6.84. The summed E-state index contributed by atoms with van der Waals surface area (Å²) in [6.07, 6.45) is 6.93. The standard InChI is InChI=1S/C14H20ClNOS/c15-13-6-11(8-18-13)12-7-16-9-14(10-17-12)4-2-1-3-5-14/h6,8,12,16H,1-5,7,9-10H2. The molecule has 1 saturated carbocycles. The predicted molar refractivity (Wildman–Crippen MR) is 76.4 cm³/mol. The fraction of sp³-hybridized carbons (Fsp3) is 0.714. The van der Waals surface area contributed by atoms with E-state index in [9.17, 15) is 0 Å². The van der Waals surface area contributed by atoms with Crippen molar-refractivity contribution in [3.8, 4) is 0 Å². The third-order valence-electron chi connectivity index (χ3n) is 4.29. The van der Waals surface area contributed by atoms with E-state index < -0.39 is 0 Å². The molecule has 0 amide bonds. The Morgan fingerprint density at radius 1 is 1.33 bits per heavy atom. The maximum Gasteiger partial charge on any atom is 0.0958 e. The summed E-state index contributed by atoms with van der Waals surface area (Å²) in [7, 11) is 0. The van der Waals surface area contributed by atoms with Crippen molar-refractivity contribution < 1.29 is 4.74 Å². The van der Waals surface area contributed by atoms with Gasteiger partial charge in [-0.05, 0) is 29.9 Å². The Balaban J connectivity index is 1.68. The van der Waals surface area contributed by atoms with Gasteiger partial charge in [0, 0.05) is 18.5 Å². The van der Waals surface area contributed by atoms with E-state index in [0.717, 1.165) is 24.0 Å². The molecule has 1 saturated heterocycles. The molecule has 3 rings (SSSR count). The summed E-state index contributed by atoms with van der Waals surface area (Å²) in [4.78, 5) is 0. The van der Waals surface area contributed by atoms with Gasteiger partial charge in [0.25, 0.3) is 0 Å².